The van der Waals surface area contributed by atoms with E-state index in [2.05, 4.69) is 32.5 Å². The van der Waals surface area contributed by atoms with Gasteiger partial charge in [-0.2, -0.15) is 0 Å². The van der Waals surface area contributed by atoms with Crippen LogP contribution >= 0.6 is 45.5 Å². The molecule has 25 heavy (non-hydrogen) atoms. The predicted molar refractivity (Wildman–Crippen MR) is 112 cm³/mol. The first-order chi connectivity index (χ1) is 12.1. The standard InChI is InChI=1S/C18H15ClIN3OS/c19-13-5-3-7-15-16(13)21-18(25-15)23-10-8-22(9-11-23)17(24)12-4-1-2-6-14(12)20/h1-7H,8-11H2. The van der Waals surface area contributed by atoms with E-state index in [1.807, 2.05) is 47.4 Å². The Morgan fingerprint density at radius 2 is 1.84 bits per heavy atom. The number of hydrogen-bond acceptors (Lipinski definition) is 4. The highest BCUT2D eigenvalue weighted by molar-refractivity contribution is 14.1. The van der Waals surface area contributed by atoms with Gasteiger partial charge < -0.3 is 9.80 Å². The molecule has 0 N–H and O–H groups in total. The van der Waals surface area contributed by atoms with Gasteiger partial charge in [-0.3, -0.25) is 4.79 Å². The van der Waals surface area contributed by atoms with Gasteiger partial charge >= 0.3 is 0 Å². The first-order valence-corrected chi connectivity index (χ1v) is 10.2. The lowest BCUT2D eigenvalue weighted by Gasteiger charge is -2.34. The maximum absolute atomic E-state index is 12.7. The molecule has 4 rings (SSSR count). The van der Waals surface area contributed by atoms with Gasteiger partial charge in [-0.25, -0.2) is 4.98 Å². The average molecular weight is 484 g/mol. The minimum atomic E-state index is 0.108. The molecule has 0 atom stereocenters. The number of aromatic nitrogens is 1. The molecular weight excluding hydrogens is 469 g/mol. The Morgan fingerprint density at radius 3 is 2.56 bits per heavy atom. The van der Waals surface area contributed by atoms with Gasteiger partial charge in [-0.15, -0.1) is 0 Å². The molecule has 3 aromatic rings. The summed E-state index contributed by atoms with van der Waals surface area (Å²) in [5.74, 6) is 0.108. The van der Waals surface area contributed by atoms with Crippen LogP contribution in [0.25, 0.3) is 10.2 Å². The van der Waals surface area contributed by atoms with Gasteiger partial charge in [0, 0.05) is 29.7 Å². The van der Waals surface area contributed by atoms with Crippen LogP contribution in [-0.4, -0.2) is 42.0 Å². The van der Waals surface area contributed by atoms with Gasteiger partial charge in [0.1, 0.15) is 5.52 Å². The number of piperazine rings is 1. The van der Waals surface area contributed by atoms with E-state index in [0.717, 1.165) is 37.6 Å². The Morgan fingerprint density at radius 1 is 1.08 bits per heavy atom. The topological polar surface area (TPSA) is 36.4 Å². The van der Waals surface area contributed by atoms with E-state index in [9.17, 15) is 4.79 Å². The van der Waals surface area contributed by atoms with Crippen LogP contribution in [0.15, 0.2) is 42.5 Å². The number of para-hydroxylation sites is 1. The summed E-state index contributed by atoms with van der Waals surface area (Å²) in [5, 5.41) is 1.66. The fourth-order valence-corrected chi connectivity index (χ4v) is 4.88. The third-order valence-corrected chi connectivity index (χ3v) is 6.63. The van der Waals surface area contributed by atoms with Crippen LogP contribution in [-0.2, 0) is 0 Å². The van der Waals surface area contributed by atoms with Gasteiger partial charge in [0.2, 0.25) is 0 Å². The fourth-order valence-electron chi connectivity index (χ4n) is 2.94. The minimum Gasteiger partial charge on any atom is -0.345 e. The van der Waals surface area contributed by atoms with Crippen LogP contribution in [0.3, 0.4) is 0 Å². The Bertz CT molecular complexity index is 937. The van der Waals surface area contributed by atoms with Gasteiger partial charge in [-0.1, -0.05) is 41.1 Å². The number of carbonyl (C=O) groups is 1. The zero-order chi connectivity index (χ0) is 17.4. The molecule has 0 saturated carbocycles. The largest absolute Gasteiger partial charge is 0.345 e. The normalized spacial score (nSPS) is 15.0. The van der Waals surface area contributed by atoms with E-state index >= 15 is 0 Å². The van der Waals surface area contributed by atoms with Gasteiger partial charge in [0.05, 0.1) is 15.3 Å². The van der Waals surface area contributed by atoms with E-state index in [0.29, 0.717) is 18.1 Å². The molecule has 0 spiro atoms. The summed E-state index contributed by atoms with van der Waals surface area (Å²) in [4.78, 5) is 21.6. The molecule has 1 fully saturated rings. The van der Waals surface area contributed by atoms with Crippen molar-refractivity contribution in [2.75, 3.05) is 31.1 Å². The van der Waals surface area contributed by atoms with E-state index in [-0.39, 0.29) is 5.91 Å². The first kappa shape index (κ1) is 17.1. The third kappa shape index (κ3) is 3.35. The first-order valence-electron chi connectivity index (χ1n) is 7.97. The van der Waals surface area contributed by atoms with Crippen molar-refractivity contribution >= 4 is 66.8 Å². The molecule has 0 unspecified atom stereocenters. The van der Waals surface area contributed by atoms with E-state index in [1.165, 1.54) is 0 Å². The molecule has 2 aromatic carbocycles. The van der Waals surface area contributed by atoms with Crippen molar-refractivity contribution in [1.29, 1.82) is 0 Å². The van der Waals surface area contributed by atoms with E-state index < -0.39 is 0 Å². The third-order valence-electron chi connectivity index (χ3n) is 4.30. The molecule has 2 heterocycles. The average Bonchev–Trinajstić information content (AvgIpc) is 3.07. The number of benzene rings is 2. The molecule has 1 saturated heterocycles. The quantitative estimate of drug-likeness (QED) is 0.503. The van der Waals surface area contributed by atoms with Crippen LogP contribution in [0.4, 0.5) is 5.13 Å². The fraction of sp³-hybridized carbons (Fsp3) is 0.222. The van der Waals surface area contributed by atoms with Crippen molar-refractivity contribution in [3.05, 3.63) is 56.6 Å². The lowest BCUT2D eigenvalue weighted by molar-refractivity contribution is 0.0745. The number of carbonyl (C=O) groups excluding carboxylic acids is 1. The maximum atomic E-state index is 12.7. The number of thiazole rings is 1. The van der Waals surface area contributed by atoms with Crippen LogP contribution in [0, 0.1) is 3.57 Å². The minimum absolute atomic E-state index is 0.108. The van der Waals surface area contributed by atoms with Gasteiger partial charge in [0.25, 0.3) is 5.91 Å². The van der Waals surface area contributed by atoms with Crippen LogP contribution in [0.1, 0.15) is 10.4 Å². The molecule has 0 aliphatic carbocycles. The number of amides is 1. The molecule has 128 valence electrons. The second-order valence-corrected chi connectivity index (χ2v) is 8.42. The molecule has 1 aliphatic heterocycles. The number of halogens is 2. The molecule has 1 aliphatic rings. The summed E-state index contributed by atoms with van der Waals surface area (Å²) in [6, 6.07) is 13.6. The molecule has 0 bridgehead atoms. The Balaban J connectivity index is 1.48. The van der Waals surface area contributed by atoms with Crippen molar-refractivity contribution in [3.8, 4) is 0 Å². The molecule has 4 nitrogen and oxygen atoms in total. The van der Waals surface area contributed by atoms with Crippen LogP contribution in [0.2, 0.25) is 5.02 Å². The van der Waals surface area contributed by atoms with Crippen molar-refractivity contribution in [1.82, 2.24) is 9.88 Å². The highest BCUT2D eigenvalue weighted by Crippen LogP contribution is 2.33. The van der Waals surface area contributed by atoms with Gasteiger partial charge in [0.15, 0.2) is 5.13 Å². The second kappa shape index (κ2) is 7.09. The Hall–Kier alpha value is -1.38. The number of fused-ring (bicyclic) bond motifs is 1. The summed E-state index contributed by atoms with van der Waals surface area (Å²) in [6.45, 7) is 2.97. The summed E-state index contributed by atoms with van der Waals surface area (Å²) in [6.07, 6.45) is 0. The molecule has 0 radical (unpaired) electrons. The van der Waals surface area contributed by atoms with E-state index in [4.69, 9.17) is 11.6 Å². The van der Waals surface area contributed by atoms with Crippen molar-refractivity contribution in [2.45, 2.75) is 0 Å². The molecule has 1 amide bonds. The SMILES string of the molecule is O=C(c1ccccc1I)N1CCN(c2nc3c(Cl)cccc3s2)CC1. The maximum Gasteiger partial charge on any atom is 0.255 e. The van der Waals surface area contributed by atoms with Crippen molar-refractivity contribution < 1.29 is 4.79 Å². The summed E-state index contributed by atoms with van der Waals surface area (Å²) < 4.78 is 2.09. The van der Waals surface area contributed by atoms with Crippen LogP contribution in [0.5, 0.6) is 0 Å². The van der Waals surface area contributed by atoms with E-state index in [1.54, 1.807) is 11.3 Å². The number of hydrogen-bond donors (Lipinski definition) is 0. The van der Waals surface area contributed by atoms with Crippen molar-refractivity contribution in [2.24, 2.45) is 0 Å². The predicted octanol–water partition coefficient (Wildman–Crippen LogP) is 4.52. The lowest BCUT2D eigenvalue weighted by atomic mass is 10.2. The zero-order valence-electron chi connectivity index (χ0n) is 13.3. The summed E-state index contributed by atoms with van der Waals surface area (Å²) in [5.41, 5.74) is 1.64. The summed E-state index contributed by atoms with van der Waals surface area (Å²) in [7, 11) is 0. The lowest BCUT2D eigenvalue weighted by Crippen LogP contribution is -2.48. The molecular formula is C18H15ClIN3OS. The Labute approximate surface area is 168 Å². The van der Waals surface area contributed by atoms with Crippen LogP contribution < -0.4 is 4.90 Å². The summed E-state index contributed by atoms with van der Waals surface area (Å²) >= 11 is 10.1. The highest BCUT2D eigenvalue weighted by atomic mass is 127. The highest BCUT2D eigenvalue weighted by Gasteiger charge is 2.25. The molecule has 1 aromatic heterocycles. The second-order valence-electron chi connectivity index (χ2n) is 5.84. The molecule has 7 heteroatoms. The number of anilines is 1. The number of nitrogens with zero attached hydrogens (tertiary/aromatic N) is 3. The smallest absolute Gasteiger partial charge is 0.255 e. The monoisotopic (exact) mass is 483 g/mol. The Kier molecular flexibility index (Phi) is 4.84. The number of rotatable bonds is 2. The van der Waals surface area contributed by atoms with Crippen molar-refractivity contribution in [3.63, 3.8) is 0 Å². The van der Waals surface area contributed by atoms with Gasteiger partial charge in [-0.05, 0) is 46.9 Å². The zero-order valence-corrected chi connectivity index (χ0v) is 17.0.